The topological polar surface area (TPSA) is 48.9 Å². The van der Waals surface area contributed by atoms with Gasteiger partial charge in [-0.15, -0.1) is 0 Å². The highest BCUT2D eigenvalue weighted by Crippen LogP contribution is 2.29. The predicted octanol–water partition coefficient (Wildman–Crippen LogP) is 4.09. The van der Waals surface area contributed by atoms with Gasteiger partial charge in [0.25, 0.3) is 0 Å². The van der Waals surface area contributed by atoms with Crippen LogP contribution in [0.4, 0.5) is 0 Å². The maximum atomic E-state index is 9.37. The highest BCUT2D eigenvalue weighted by Gasteiger charge is 2.06. The van der Waals surface area contributed by atoms with Crippen molar-refractivity contribution in [2.45, 2.75) is 0 Å². The van der Waals surface area contributed by atoms with E-state index < -0.39 is 0 Å². The first-order chi connectivity index (χ1) is 9.81. The molecule has 0 atom stereocenters. The Labute approximate surface area is 115 Å². The van der Waals surface area contributed by atoms with E-state index in [1.54, 1.807) is 18.3 Å². The quantitative estimate of drug-likeness (QED) is 0.541. The molecule has 0 saturated heterocycles. The minimum absolute atomic E-state index is 0.283. The fourth-order valence-corrected chi connectivity index (χ4v) is 2.56. The van der Waals surface area contributed by atoms with Gasteiger partial charge in [0.2, 0.25) is 0 Å². The highest BCUT2D eigenvalue weighted by atomic mass is 16.3. The average molecular weight is 260 g/mol. The fraction of sp³-hybridized carbons (Fsp3) is 0. The zero-order valence-electron chi connectivity index (χ0n) is 10.7. The molecule has 2 aromatic heterocycles. The van der Waals surface area contributed by atoms with Gasteiger partial charge in [-0.05, 0) is 47.5 Å². The molecule has 0 spiro atoms. The van der Waals surface area contributed by atoms with E-state index in [0.29, 0.717) is 0 Å². The summed E-state index contributed by atoms with van der Waals surface area (Å²) < 4.78 is 0. The number of nitrogens with zero attached hydrogens (tertiary/aromatic N) is 1. The Morgan fingerprint density at radius 1 is 0.850 bits per heavy atom. The van der Waals surface area contributed by atoms with E-state index in [1.807, 2.05) is 18.2 Å². The standard InChI is InChI=1S/C17H12N2O/c20-13-6-3-11(4-7-13)12-5-8-16-15(10-12)14-2-1-9-18-17(14)19-16/h1-10,20H,(H,18,19). The lowest BCUT2D eigenvalue weighted by Gasteiger charge is -2.02. The summed E-state index contributed by atoms with van der Waals surface area (Å²) >= 11 is 0. The molecule has 0 aliphatic rings. The number of nitrogens with one attached hydrogen (secondary N) is 1. The van der Waals surface area contributed by atoms with E-state index in [9.17, 15) is 5.11 Å². The SMILES string of the molecule is Oc1ccc(-c2ccc3[nH]c4ncccc4c3c2)cc1. The first kappa shape index (κ1) is 11.1. The normalized spacial score (nSPS) is 11.2. The first-order valence-electron chi connectivity index (χ1n) is 6.47. The number of aromatic hydroxyl groups is 1. The van der Waals surface area contributed by atoms with E-state index in [1.165, 1.54) is 5.39 Å². The molecule has 0 aliphatic carbocycles. The lowest BCUT2D eigenvalue weighted by molar-refractivity contribution is 0.475. The minimum atomic E-state index is 0.283. The molecular formula is C17H12N2O. The predicted molar refractivity (Wildman–Crippen MR) is 80.7 cm³/mol. The molecule has 2 aromatic carbocycles. The van der Waals surface area contributed by atoms with Gasteiger partial charge in [0.1, 0.15) is 11.4 Å². The number of pyridine rings is 1. The van der Waals surface area contributed by atoms with Gasteiger partial charge in [0, 0.05) is 22.5 Å². The van der Waals surface area contributed by atoms with Gasteiger partial charge < -0.3 is 10.1 Å². The number of benzene rings is 2. The lowest BCUT2D eigenvalue weighted by atomic mass is 10.0. The average Bonchev–Trinajstić information content (AvgIpc) is 2.86. The third kappa shape index (κ3) is 1.64. The lowest BCUT2D eigenvalue weighted by Crippen LogP contribution is -1.77. The van der Waals surface area contributed by atoms with Crippen LogP contribution >= 0.6 is 0 Å². The highest BCUT2D eigenvalue weighted by molar-refractivity contribution is 6.07. The van der Waals surface area contributed by atoms with Gasteiger partial charge >= 0.3 is 0 Å². The van der Waals surface area contributed by atoms with Crippen LogP contribution in [-0.2, 0) is 0 Å². The van der Waals surface area contributed by atoms with Crippen molar-refractivity contribution in [2.75, 3.05) is 0 Å². The van der Waals surface area contributed by atoms with Gasteiger partial charge in [0.05, 0.1) is 0 Å². The van der Waals surface area contributed by atoms with Crippen LogP contribution in [-0.4, -0.2) is 15.1 Å². The molecular weight excluding hydrogens is 248 g/mol. The summed E-state index contributed by atoms with van der Waals surface area (Å²) in [5.41, 5.74) is 4.21. The Morgan fingerprint density at radius 2 is 1.65 bits per heavy atom. The molecule has 3 nitrogen and oxygen atoms in total. The molecule has 4 rings (SSSR count). The number of aromatic amines is 1. The molecule has 2 heterocycles. The molecule has 0 unspecified atom stereocenters. The molecule has 2 N–H and O–H groups in total. The maximum absolute atomic E-state index is 9.37. The van der Waals surface area contributed by atoms with E-state index in [0.717, 1.165) is 27.7 Å². The van der Waals surface area contributed by atoms with Gasteiger partial charge in [-0.25, -0.2) is 4.98 Å². The molecule has 0 radical (unpaired) electrons. The molecule has 0 saturated carbocycles. The zero-order valence-corrected chi connectivity index (χ0v) is 10.7. The summed E-state index contributed by atoms with van der Waals surface area (Å²) in [6.45, 7) is 0. The van der Waals surface area contributed by atoms with Crippen LogP contribution in [0.3, 0.4) is 0 Å². The molecule has 3 heteroatoms. The smallest absolute Gasteiger partial charge is 0.138 e. The summed E-state index contributed by atoms with van der Waals surface area (Å²) in [5.74, 6) is 0.283. The van der Waals surface area contributed by atoms with Crippen LogP contribution in [0.5, 0.6) is 5.75 Å². The Hall–Kier alpha value is -2.81. The zero-order chi connectivity index (χ0) is 13.5. The minimum Gasteiger partial charge on any atom is -0.508 e. The second kappa shape index (κ2) is 4.10. The van der Waals surface area contributed by atoms with E-state index >= 15 is 0 Å². The van der Waals surface area contributed by atoms with Gasteiger partial charge in [-0.2, -0.15) is 0 Å². The van der Waals surface area contributed by atoms with Crippen LogP contribution < -0.4 is 0 Å². The molecule has 0 aliphatic heterocycles. The maximum Gasteiger partial charge on any atom is 0.138 e. The summed E-state index contributed by atoms with van der Waals surface area (Å²) in [4.78, 5) is 7.66. The van der Waals surface area contributed by atoms with Gasteiger partial charge in [0.15, 0.2) is 0 Å². The Morgan fingerprint density at radius 3 is 2.50 bits per heavy atom. The summed E-state index contributed by atoms with van der Waals surface area (Å²) in [6, 6.07) is 17.6. The van der Waals surface area contributed by atoms with Crippen LogP contribution in [0.2, 0.25) is 0 Å². The number of phenolic OH excluding ortho intramolecular Hbond substituents is 1. The number of fused-ring (bicyclic) bond motifs is 3. The number of phenols is 1. The van der Waals surface area contributed by atoms with Gasteiger partial charge in [-0.1, -0.05) is 18.2 Å². The molecule has 96 valence electrons. The van der Waals surface area contributed by atoms with Crippen molar-refractivity contribution in [3.8, 4) is 16.9 Å². The second-order valence-electron chi connectivity index (χ2n) is 4.83. The second-order valence-corrected chi connectivity index (χ2v) is 4.83. The number of H-pyrrole nitrogens is 1. The van der Waals surface area contributed by atoms with E-state index in [-0.39, 0.29) is 5.75 Å². The summed E-state index contributed by atoms with van der Waals surface area (Å²) in [7, 11) is 0. The fourth-order valence-electron chi connectivity index (χ4n) is 2.56. The largest absolute Gasteiger partial charge is 0.508 e. The third-order valence-electron chi connectivity index (χ3n) is 3.57. The number of hydrogen-bond acceptors (Lipinski definition) is 2. The third-order valence-corrected chi connectivity index (χ3v) is 3.57. The van der Waals surface area contributed by atoms with Crippen LogP contribution in [0.1, 0.15) is 0 Å². The van der Waals surface area contributed by atoms with Crippen LogP contribution in [0, 0.1) is 0 Å². The van der Waals surface area contributed by atoms with E-state index in [4.69, 9.17) is 0 Å². The van der Waals surface area contributed by atoms with Crippen molar-refractivity contribution < 1.29 is 5.11 Å². The van der Waals surface area contributed by atoms with Gasteiger partial charge in [-0.3, -0.25) is 0 Å². The summed E-state index contributed by atoms with van der Waals surface area (Å²) in [6.07, 6.45) is 1.79. The van der Waals surface area contributed by atoms with Crippen molar-refractivity contribution in [3.63, 3.8) is 0 Å². The Balaban J connectivity index is 1.97. The Kier molecular flexibility index (Phi) is 2.27. The molecule has 0 bridgehead atoms. The van der Waals surface area contributed by atoms with Crippen molar-refractivity contribution in [1.29, 1.82) is 0 Å². The summed E-state index contributed by atoms with van der Waals surface area (Å²) in [5, 5.41) is 11.7. The Bertz CT molecular complexity index is 907. The molecule has 0 fully saturated rings. The van der Waals surface area contributed by atoms with Crippen molar-refractivity contribution in [1.82, 2.24) is 9.97 Å². The molecule has 4 aromatic rings. The number of rotatable bonds is 1. The van der Waals surface area contributed by atoms with Crippen LogP contribution in [0.15, 0.2) is 60.8 Å². The van der Waals surface area contributed by atoms with Crippen molar-refractivity contribution >= 4 is 21.9 Å². The number of aromatic nitrogens is 2. The molecule has 0 amide bonds. The molecule has 20 heavy (non-hydrogen) atoms. The monoisotopic (exact) mass is 260 g/mol. The van der Waals surface area contributed by atoms with Crippen LogP contribution in [0.25, 0.3) is 33.1 Å². The van der Waals surface area contributed by atoms with Crippen molar-refractivity contribution in [3.05, 3.63) is 60.8 Å². The van der Waals surface area contributed by atoms with E-state index in [2.05, 4.69) is 34.2 Å². The number of hydrogen-bond donors (Lipinski definition) is 2. The van der Waals surface area contributed by atoms with Crippen molar-refractivity contribution in [2.24, 2.45) is 0 Å². The first-order valence-corrected chi connectivity index (χ1v) is 6.47.